The van der Waals surface area contributed by atoms with Gasteiger partial charge in [0.05, 0.1) is 6.10 Å². The number of alkyl halides is 1. The molecule has 1 aliphatic heterocycles. The van der Waals surface area contributed by atoms with Gasteiger partial charge in [0, 0.05) is 29.7 Å². The molecule has 0 aliphatic carbocycles. The van der Waals surface area contributed by atoms with Gasteiger partial charge < -0.3 is 9.64 Å². The Labute approximate surface area is 117 Å². The first-order chi connectivity index (χ1) is 8.60. The Balaban J connectivity index is 2.24. The van der Waals surface area contributed by atoms with Gasteiger partial charge in [-0.15, -0.1) is 0 Å². The summed E-state index contributed by atoms with van der Waals surface area (Å²) in [6.45, 7) is 7.03. The normalized spacial score (nSPS) is 19.6. The molecule has 1 atom stereocenters. The van der Waals surface area contributed by atoms with Gasteiger partial charge in [0.2, 0.25) is 11.8 Å². The van der Waals surface area contributed by atoms with E-state index in [4.69, 9.17) is 4.74 Å². The molecule has 0 aromatic carbocycles. The molecule has 2 rings (SSSR count). The summed E-state index contributed by atoms with van der Waals surface area (Å²) in [5.74, 6) is 1.47. The summed E-state index contributed by atoms with van der Waals surface area (Å²) >= 11 is 3.56. The van der Waals surface area contributed by atoms with Gasteiger partial charge >= 0.3 is 0 Å². The van der Waals surface area contributed by atoms with Gasteiger partial charge in [-0.3, -0.25) is 0 Å². The second-order valence-corrected chi connectivity index (χ2v) is 5.61. The van der Waals surface area contributed by atoms with Crippen LogP contribution in [-0.4, -0.2) is 34.0 Å². The number of hydrogen-bond acceptors (Lipinski definition) is 4. The van der Waals surface area contributed by atoms with Gasteiger partial charge in [-0.2, -0.15) is 4.98 Å². The van der Waals surface area contributed by atoms with E-state index in [9.17, 15) is 0 Å². The lowest BCUT2D eigenvalue weighted by atomic mass is 10.2. The smallest absolute Gasteiger partial charge is 0.229 e. The molecular formula is C13H20BrN3O. The van der Waals surface area contributed by atoms with Crippen molar-refractivity contribution < 1.29 is 4.74 Å². The molecule has 5 heteroatoms. The molecule has 0 radical (unpaired) electrons. The standard InChI is InChI=1S/C13H20BrN3O/c1-9(2)18-12-7-10(3)15-13(16-12)17-6-4-5-11(17)8-14/h7,9,11H,4-6,8H2,1-3H3. The first-order valence-corrected chi connectivity index (χ1v) is 7.57. The van der Waals surface area contributed by atoms with Crippen LogP contribution in [0.5, 0.6) is 5.88 Å². The van der Waals surface area contributed by atoms with Crippen molar-refractivity contribution in [2.45, 2.75) is 45.8 Å². The molecule has 0 N–H and O–H groups in total. The summed E-state index contributed by atoms with van der Waals surface area (Å²) in [6, 6.07) is 2.39. The maximum Gasteiger partial charge on any atom is 0.229 e. The van der Waals surface area contributed by atoms with E-state index in [0.717, 1.165) is 23.5 Å². The van der Waals surface area contributed by atoms with Crippen LogP contribution in [0.25, 0.3) is 0 Å². The zero-order chi connectivity index (χ0) is 13.1. The Bertz CT molecular complexity index is 411. The molecular weight excluding hydrogens is 294 g/mol. The lowest BCUT2D eigenvalue weighted by Gasteiger charge is -2.23. The number of ether oxygens (including phenoxy) is 1. The summed E-state index contributed by atoms with van der Waals surface area (Å²) < 4.78 is 5.67. The highest BCUT2D eigenvalue weighted by molar-refractivity contribution is 9.09. The van der Waals surface area contributed by atoms with E-state index in [2.05, 4.69) is 30.8 Å². The van der Waals surface area contributed by atoms with E-state index in [1.54, 1.807) is 0 Å². The highest BCUT2D eigenvalue weighted by Crippen LogP contribution is 2.25. The molecule has 1 aromatic rings. The molecule has 0 bridgehead atoms. The molecule has 1 aromatic heterocycles. The molecule has 1 unspecified atom stereocenters. The van der Waals surface area contributed by atoms with Crippen molar-refractivity contribution in [2.75, 3.05) is 16.8 Å². The fourth-order valence-electron chi connectivity index (χ4n) is 2.21. The van der Waals surface area contributed by atoms with E-state index in [-0.39, 0.29) is 6.10 Å². The average Bonchev–Trinajstić information content (AvgIpc) is 2.75. The minimum Gasteiger partial charge on any atom is -0.475 e. The molecule has 4 nitrogen and oxygen atoms in total. The predicted octanol–water partition coefficient (Wildman–Crippen LogP) is 2.94. The Hall–Kier alpha value is -0.840. The second-order valence-electron chi connectivity index (χ2n) is 4.96. The third-order valence-corrected chi connectivity index (χ3v) is 3.73. The summed E-state index contributed by atoms with van der Waals surface area (Å²) in [7, 11) is 0. The lowest BCUT2D eigenvalue weighted by molar-refractivity contribution is 0.232. The maximum atomic E-state index is 5.67. The number of nitrogens with zero attached hydrogens (tertiary/aromatic N) is 3. The highest BCUT2D eigenvalue weighted by Gasteiger charge is 2.26. The van der Waals surface area contributed by atoms with Crippen LogP contribution in [0, 0.1) is 6.92 Å². The van der Waals surface area contributed by atoms with Gasteiger partial charge in [-0.05, 0) is 33.6 Å². The first-order valence-electron chi connectivity index (χ1n) is 6.45. The number of hydrogen-bond donors (Lipinski definition) is 0. The van der Waals surface area contributed by atoms with Crippen molar-refractivity contribution in [3.8, 4) is 5.88 Å². The molecule has 0 spiro atoms. The van der Waals surface area contributed by atoms with Crippen molar-refractivity contribution in [1.29, 1.82) is 0 Å². The maximum absolute atomic E-state index is 5.67. The fraction of sp³-hybridized carbons (Fsp3) is 0.692. The minimum absolute atomic E-state index is 0.137. The van der Waals surface area contributed by atoms with Gasteiger partial charge in [0.1, 0.15) is 0 Å². The zero-order valence-electron chi connectivity index (χ0n) is 11.2. The van der Waals surface area contributed by atoms with E-state index in [0.29, 0.717) is 11.9 Å². The zero-order valence-corrected chi connectivity index (χ0v) is 12.8. The Morgan fingerprint density at radius 3 is 2.94 bits per heavy atom. The summed E-state index contributed by atoms with van der Waals surface area (Å²) in [5.41, 5.74) is 0.955. The van der Waals surface area contributed by atoms with Crippen LogP contribution in [0.4, 0.5) is 5.95 Å². The first kappa shape index (κ1) is 13.6. The summed E-state index contributed by atoms with van der Waals surface area (Å²) in [6.07, 6.45) is 2.54. The predicted molar refractivity (Wildman–Crippen MR) is 76.7 cm³/mol. The Morgan fingerprint density at radius 2 is 2.28 bits per heavy atom. The average molecular weight is 314 g/mol. The molecule has 18 heavy (non-hydrogen) atoms. The van der Waals surface area contributed by atoms with Gasteiger partial charge in [0.15, 0.2) is 0 Å². The van der Waals surface area contributed by atoms with Crippen LogP contribution in [-0.2, 0) is 0 Å². The van der Waals surface area contributed by atoms with Crippen molar-refractivity contribution in [2.24, 2.45) is 0 Å². The van der Waals surface area contributed by atoms with E-state index < -0.39 is 0 Å². The lowest BCUT2D eigenvalue weighted by Crippen LogP contribution is -2.32. The number of aromatic nitrogens is 2. The summed E-state index contributed by atoms with van der Waals surface area (Å²) in [5, 5.41) is 0.963. The number of halogens is 1. The van der Waals surface area contributed by atoms with Crippen molar-refractivity contribution in [1.82, 2.24) is 9.97 Å². The molecule has 2 heterocycles. The van der Waals surface area contributed by atoms with E-state index >= 15 is 0 Å². The minimum atomic E-state index is 0.137. The Kier molecular flexibility index (Phi) is 4.43. The van der Waals surface area contributed by atoms with Crippen LogP contribution >= 0.6 is 15.9 Å². The molecule has 1 aliphatic rings. The van der Waals surface area contributed by atoms with Crippen molar-refractivity contribution in [3.05, 3.63) is 11.8 Å². The quantitative estimate of drug-likeness (QED) is 0.801. The van der Waals surface area contributed by atoms with Crippen molar-refractivity contribution >= 4 is 21.9 Å². The van der Waals surface area contributed by atoms with E-state index in [1.165, 1.54) is 12.8 Å². The highest BCUT2D eigenvalue weighted by atomic mass is 79.9. The number of anilines is 1. The largest absolute Gasteiger partial charge is 0.475 e. The van der Waals surface area contributed by atoms with Crippen LogP contribution in [0.15, 0.2) is 6.07 Å². The third kappa shape index (κ3) is 3.13. The van der Waals surface area contributed by atoms with Crippen LogP contribution in [0.2, 0.25) is 0 Å². The molecule has 0 saturated carbocycles. The van der Waals surface area contributed by atoms with Gasteiger partial charge in [-0.25, -0.2) is 4.98 Å². The molecule has 0 amide bonds. The van der Waals surface area contributed by atoms with Crippen LogP contribution in [0.3, 0.4) is 0 Å². The molecule has 1 saturated heterocycles. The molecule has 100 valence electrons. The monoisotopic (exact) mass is 313 g/mol. The van der Waals surface area contributed by atoms with E-state index in [1.807, 2.05) is 26.8 Å². The third-order valence-electron chi connectivity index (χ3n) is 2.99. The number of rotatable bonds is 4. The second kappa shape index (κ2) is 5.87. The van der Waals surface area contributed by atoms with Gasteiger partial charge in [-0.1, -0.05) is 15.9 Å². The SMILES string of the molecule is Cc1cc(OC(C)C)nc(N2CCCC2CBr)n1. The van der Waals surface area contributed by atoms with Crippen LogP contribution in [0.1, 0.15) is 32.4 Å². The topological polar surface area (TPSA) is 38.2 Å². The van der Waals surface area contributed by atoms with Gasteiger partial charge in [0.25, 0.3) is 0 Å². The Morgan fingerprint density at radius 1 is 1.50 bits per heavy atom. The fourth-order valence-corrected chi connectivity index (χ4v) is 2.89. The van der Waals surface area contributed by atoms with Crippen molar-refractivity contribution in [3.63, 3.8) is 0 Å². The number of aryl methyl sites for hydroxylation is 1. The van der Waals surface area contributed by atoms with Crippen LogP contribution < -0.4 is 9.64 Å². The summed E-state index contributed by atoms with van der Waals surface area (Å²) in [4.78, 5) is 11.3. The molecule has 1 fully saturated rings.